The standard InChI is InChI=1S/C19H18ClN3O3/c20-14-6-7-15-13(10-14)11-16(22-15)17(24)23-19(26,18(21)25)9-8-12-4-2-1-3-5-12/h1-7,10-11,22,26H,8-9H2,(H2,21,25)(H,23,24)/t19-/m1/s1. The summed E-state index contributed by atoms with van der Waals surface area (Å²) in [6.07, 6.45) is 0.340. The van der Waals surface area contributed by atoms with E-state index in [1.165, 1.54) is 0 Å². The number of aryl methyl sites for hydroxylation is 1. The molecule has 2 aromatic carbocycles. The Bertz CT molecular complexity index is 955. The lowest BCUT2D eigenvalue weighted by Crippen LogP contribution is -2.57. The second kappa shape index (κ2) is 7.19. The number of fused-ring (bicyclic) bond motifs is 1. The molecule has 1 heterocycles. The monoisotopic (exact) mass is 371 g/mol. The van der Waals surface area contributed by atoms with E-state index in [0.29, 0.717) is 17.0 Å². The van der Waals surface area contributed by atoms with Crippen molar-refractivity contribution in [1.29, 1.82) is 0 Å². The Kier molecular flexibility index (Phi) is 4.97. The van der Waals surface area contributed by atoms with Crippen LogP contribution in [0.5, 0.6) is 0 Å². The summed E-state index contributed by atoms with van der Waals surface area (Å²) in [5.74, 6) is -1.65. The number of carbonyl (C=O) groups excluding carboxylic acids is 2. The van der Waals surface area contributed by atoms with Crippen molar-refractivity contribution in [2.24, 2.45) is 5.73 Å². The van der Waals surface area contributed by atoms with Gasteiger partial charge in [-0.15, -0.1) is 0 Å². The first kappa shape index (κ1) is 18.0. The summed E-state index contributed by atoms with van der Waals surface area (Å²) in [5, 5.41) is 14.2. The van der Waals surface area contributed by atoms with Gasteiger partial charge in [0, 0.05) is 22.3 Å². The Balaban J connectivity index is 1.77. The first-order chi connectivity index (χ1) is 12.4. The third-order valence-electron chi connectivity index (χ3n) is 4.17. The van der Waals surface area contributed by atoms with Crippen molar-refractivity contribution in [1.82, 2.24) is 10.3 Å². The van der Waals surface area contributed by atoms with Gasteiger partial charge in [0.15, 0.2) is 0 Å². The average Bonchev–Trinajstić information content (AvgIpc) is 3.04. The summed E-state index contributed by atoms with van der Waals surface area (Å²) in [6, 6.07) is 16.0. The van der Waals surface area contributed by atoms with Gasteiger partial charge in [0.05, 0.1) is 0 Å². The molecule has 0 aliphatic carbocycles. The molecule has 6 nitrogen and oxygen atoms in total. The summed E-state index contributed by atoms with van der Waals surface area (Å²) in [4.78, 5) is 27.2. The van der Waals surface area contributed by atoms with Crippen LogP contribution in [-0.2, 0) is 11.2 Å². The first-order valence-electron chi connectivity index (χ1n) is 8.04. The topological polar surface area (TPSA) is 108 Å². The minimum Gasteiger partial charge on any atom is -0.365 e. The van der Waals surface area contributed by atoms with E-state index in [1.54, 1.807) is 24.3 Å². The van der Waals surface area contributed by atoms with Crippen molar-refractivity contribution < 1.29 is 14.7 Å². The molecule has 0 radical (unpaired) electrons. The number of primary amides is 1. The van der Waals surface area contributed by atoms with E-state index in [4.69, 9.17) is 17.3 Å². The van der Waals surface area contributed by atoms with Crippen molar-refractivity contribution in [3.63, 3.8) is 0 Å². The minimum absolute atomic E-state index is 0.0376. The van der Waals surface area contributed by atoms with Gasteiger partial charge in [-0.05, 0) is 36.2 Å². The van der Waals surface area contributed by atoms with Crippen molar-refractivity contribution in [3.8, 4) is 0 Å². The maximum absolute atomic E-state index is 12.5. The van der Waals surface area contributed by atoms with Gasteiger partial charge in [0.25, 0.3) is 11.8 Å². The van der Waals surface area contributed by atoms with E-state index in [9.17, 15) is 14.7 Å². The maximum Gasteiger partial charge on any atom is 0.270 e. The van der Waals surface area contributed by atoms with Crippen molar-refractivity contribution >= 4 is 34.3 Å². The van der Waals surface area contributed by atoms with E-state index in [0.717, 1.165) is 10.9 Å². The summed E-state index contributed by atoms with van der Waals surface area (Å²) in [5.41, 5.74) is 5.00. The molecule has 5 N–H and O–H groups in total. The van der Waals surface area contributed by atoms with Gasteiger partial charge in [-0.25, -0.2) is 0 Å². The number of nitrogens with one attached hydrogen (secondary N) is 2. The molecule has 3 rings (SSSR count). The zero-order chi connectivity index (χ0) is 18.7. The lowest BCUT2D eigenvalue weighted by Gasteiger charge is -2.25. The average molecular weight is 372 g/mol. The molecule has 0 aliphatic heterocycles. The lowest BCUT2D eigenvalue weighted by atomic mass is 10.0. The quantitative estimate of drug-likeness (QED) is 0.499. The molecule has 1 atom stereocenters. The molecule has 0 saturated heterocycles. The Morgan fingerprint density at radius 3 is 2.58 bits per heavy atom. The Morgan fingerprint density at radius 1 is 1.15 bits per heavy atom. The van der Waals surface area contributed by atoms with Crippen molar-refractivity contribution in [2.45, 2.75) is 18.6 Å². The molecule has 26 heavy (non-hydrogen) atoms. The zero-order valence-corrected chi connectivity index (χ0v) is 14.6. The third-order valence-corrected chi connectivity index (χ3v) is 4.41. The van der Waals surface area contributed by atoms with Crippen LogP contribution < -0.4 is 11.1 Å². The molecule has 0 unspecified atom stereocenters. The van der Waals surface area contributed by atoms with Crippen LogP contribution in [0, 0.1) is 0 Å². The number of amides is 2. The molecule has 2 amide bonds. The van der Waals surface area contributed by atoms with E-state index >= 15 is 0 Å². The first-order valence-corrected chi connectivity index (χ1v) is 8.42. The normalized spacial score (nSPS) is 13.3. The predicted molar refractivity (Wildman–Crippen MR) is 99.7 cm³/mol. The number of benzene rings is 2. The van der Waals surface area contributed by atoms with Gasteiger partial charge in [0.1, 0.15) is 5.69 Å². The number of hydrogen-bond donors (Lipinski definition) is 4. The number of H-pyrrole nitrogens is 1. The molecule has 0 aliphatic rings. The molecular formula is C19H18ClN3O3. The Morgan fingerprint density at radius 2 is 1.88 bits per heavy atom. The van der Waals surface area contributed by atoms with Gasteiger partial charge in [-0.2, -0.15) is 0 Å². The highest BCUT2D eigenvalue weighted by atomic mass is 35.5. The summed E-state index contributed by atoms with van der Waals surface area (Å²) in [7, 11) is 0. The molecule has 7 heteroatoms. The fraction of sp³-hybridized carbons (Fsp3) is 0.158. The second-order valence-electron chi connectivity index (χ2n) is 6.08. The third kappa shape index (κ3) is 3.87. The van der Waals surface area contributed by atoms with Crippen molar-refractivity contribution in [3.05, 3.63) is 70.9 Å². The van der Waals surface area contributed by atoms with Crippen LogP contribution in [0.4, 0.5) is 0 Å². The van der Waals surface area contributed by atoms with Gasteiger partial charge >= 0.3 is 0 Å². The molecule has 0 saturated carbocycles. The van der Waals surface area contributed by atoms with Crippen LogP contribution in [0.3, 0.4) is 0 Å². The predicted octanol–water partition coefficient (Wildman–Crippen LogP) is 2.36. The highest BCUT2D eigenvalue weighted by Crippen LogP contribution is 2.21. The van der Waals surface area contributed by atoms with Gasteiger partial charge in [0.2, 0.25) is 5.72 Å². The minimum atomic E-state index is -2.15. The maximum atomic E-state index is 12.5. The Hall–Kier alpha value is -2.83. The molecule has 0 bridgehead atoms. The number of halogens is 1. The molecule has 1 aromatic heterocycles. The summed E-state index contributed by atoms with van der Waals surface area (Å²) in [6.45, 7) is 0. The van der Waals surface area contributed by atoms with E-state index in [2.05, 4.69) is 10.3 Å². The largest absolute Gasteiger partial charge is 0.365 e. The lowest BCUT2D eigenvalue weighted by molar-refractivity contribution is -0.139. The van der Waals surface area contributed by atoms with Gasteiger partial charge in [-0.1, -0.05) is 41.9 Å². The van der Waals surface area contributed by atoms with Gasteiger partial charge in [-0.3, -0.25) is 9.59 Å². The fourth-order valence-electron chi connectivity index (χ4n) is 2.70. The highest BCUT2D eigenvalue weighted by molar-refractivity contribution is 6.31. The van der Waals surface area contributed by atoms with Gasteiger partial charge < -0.3 is 21.1 Å². The van der Waals surface area contributed by atoms with Crippen LogP contribution in [0.1, 0.15) is 22.5 Å². The van der Waals surface area contributed by atoms with E-state index in [1.807, 2.05) is 30.3 Å². The smallest absolute Gasteiger partial charge is 0.270 e. The van der Waals surface area contributed by atoms with Crippen LogP contribution in [0.2, 0.25) is 5.02 Å². The second-order valence-corrected chi connectivity index (χ2v) is 6.52. The molecule has 134 valence electrons. The van der Waals surface area contributed by atoms with Crippen LogP contribution in [0.15, 0.2) is 54.6 Å². The molecular weight excluding hydrogens is 354 g/mol. The number of hydrogen-bond acceptors (Lipinski definition) is 3. The van der Waals surface area contributed by atoms with E-state index < -0.39 is 17.5 Å². The number of nitrogens with two attached hydrogens (primary N) is 1. The van der Waals surface area contributed by atoms with E-state index in [-0.39, 0.29) is 12.1 Å². The number of carbonyl (C=O) groups is 2. The van der Waals surface area contributed by atoms with Crippen LogP contribution >= 0.6 is 11.6 Å². The summed E-state index contributed by atoms with van der Waals surface area (Å²) < 4.78 is 0. The fourth-order valence-corrected chi connectivity index (χ4v) is 2.88. The van der Waals surface area contributed by atoms with Crippen molar-refractivity contribution in [2.75, 3.05) is 0 Å². The highest BCUT2D eigenvalue weighted by Gasteiger charge is 2.36. The Labute approximate surface area is 155 Å². The van der Waals surface area contributed by atoms with Crippen LogP contribution in [-0.4, -0.2) is 27.6 Å². The summed E-state index contributed by atoms with van der Waals surface area (Å²) >= 11 is 5.94. The number of aromatic nitrogens is 1. The molecule has 3 aromatic rings. The molecule has 0 fully saturated rings. The zero-order valence-electron chi connectivity index (χ0n) is 13.8. The number of rotatable bonds is 6. The van der Waals surface area contributed by atoms with Crippen LogP contribution in [0.25, 0.3) is 10.9 Å². The number of aliphatic hydroxyl groups is 1. The number of aromatic amines is 1. The SMILES string of the molecule is NC(=O)[C@](O)(CCc1ccccc1)NC(=O)c1cc2cc(Cl)ccc2[nH]1. The molecule has 0 spiro atoms.